The van der Waals surface area contributed by atoms with Crippen LogP contribution in [-0.4, -0.2) is 17.7 Å². The highest BCUT2D eigenvalue weighted by atomic mass is 19.1. The van der Waals surface area contributed by atoms with E-state index in [1.807, 2.05) is 0 Å². The number of hydrogen-bond donors (Lipinski definition) is 1. The summed E-state index contributed by atoms with van der Waals surface area (Å²) in [6.07, 6.45) is -1.66. The van der Waals surface area contributed by atoms with Gasteiger partial charge in [-0.1, -0.05) is 0 Å². The summed E-state index contributed by atoms with van der Waals surface area (Å²) in [4.78, 5) is 11.1. The topological polar surface area (TPSA) is 46.5 Å². The summed E-state index contributed by atoms with van der Waals surface area (Å²) < 4.78 is 30.8. The summed E-state index contributed by atoms with van der Waals surface area (Å²) in [5.74, 6) is -2.54. The van der Waals surface area contributed by atoms with E-state index in [0.29, 0.717) is 0 Å². The van der Waals surface area contributed by atoms with E-state index in [1.165, 1.54) is 6.92 Å². The Hall–Kier alpha value is -1.49. The number of rotatable bonds is 3. The second kappa shape index (κ2) is 5.03. The number of halogens is 2. The van der Waals surface area contributed by atoms with E-state index in [0.717, 1.165) is 12.1 Å². The Bertz CT molecular complexity index is 381. The Kier molecular flexibility index (Phi) is 3.95. The van der Waals surface area contributed by atoms with Gasteiger partial charge in [0.25, 0.3) is 0 Å². The third-order valence-corrected chi connectivity index (χ3v) is 2.13. The molecule has 0 aliphatic rings. The van der Waals surface area contributed by atoms with Crippen LogP contribution in [0.25, 0.3) is 0 Å². The van der Waals surface area contributed by atoms with Gasteiger partial charge < -0.3 is 9.84 Å². The lowest BCUT2D eigenvalue weighted by Gasteiger charge is -2.11. The fraction of sp³-hybridized carbons (Fsp3) is 0.364. The second-order valence-corrected chi connectivity index (χ2v) is 3.26. The maximum absolute atomic E-state index is 13.1. The lowest BCUT2D eigenvalue weighted by molar-refractivity contribution is -0.153. The van der Waals surface area contributed by atoms with E-state index in [-0.39, 0.29) is 17.7 Å². The first-order valence-electron chi connectivity index (χ1n) is 4.77. The van der Waals surface area contributed by atoms with E-state index in [1.54, 1.807) is 6.92 Å². The summed E-state index contributed by atoms with van der Waals surface area (Å²) in [7, 11) is 0. The molecule has 0 fully saturated rings. The summed E-state index contributed by atoms with van der Waals surface area (Å²) in [6.45, 7) is 2.93. The van der Waals surface area contributed by atoms with Crippen molar-refractivity contribution in [3.05, 3.63) is 34.9 Å². The third kappa shape index (κ3) is 2.55. The Balaban J connectivity index is 3.01. The zero-order valence-corrected chi connectivity index (χ0v) is 8.96. The van der Waals surface area contributed by atoms with Gasteiger partial charge in [0.1, 0.15) is 11.6 Å². The molecule has 0 heterocycles. The van der Waals surface area contributed by atoms with E-state index in [9.17, 15) is 18.7 Å². The molecule has 1 N–H and O–H groups in total. The zero-order valence-electron chi connectivity index (χ0n) is 8.96. The lowest BCUT2D eigenvalue weighted by atomic mass is 10.1. The Labute approximate surface area is 91.7 Å². The van der Waals surface area contributed by atoms with Crippen LogP contribution in [0.15, 0.2) is 12.1 Å². The quantitative estimate of drug-likeness (QED) is 0.806. The highest BCUT2D eigenvalue weighted by Gasteiger charge is 2.21. The van der Waals surface area contributed by atoms with Crippen LogP contribution in [0.2, 0.25) is 0 Å². The summed E-state index contributed by atoms with van der Waals surface area (Å²) in [5.41, 5.74) is -0.307. The van der Waals surface area contributed by atoms with Crippen molar-refractivity contribution in [2.45, 2.75) is 20.0 Å². The van der Waals surface area contributed by atoms with E-state index >= 15 is 0 Å². The number of carbonyl (C=O) groups excluding carboxylic acids is 1. The van der Waals surface area contributed by atoms with Crippen LogP contribution in [-0.2, 0) is 9.53 Å². The van der Waals surface area contributed by atoms with Crippen LogP contribution in [0.5, 0.6) is 0 Å². The standard InChI is InChI=1S/C11H12F2O3/c1-3-16-11(15)10(14)7-4-8(12)6(2)9(13)5-7/h4-5,10,14H,3H2,1-2H3. The molecule has 0 saturated carbocycles. The first kappa shape index (κ1) is 12.6. The number of aliphatic hydroxyl groups is 1. The molecule has 0 aliphatic carbocycles. The lowest BCUT2D eigenvalue weighted by Crippen LogP contribution is -2.16. The molecule has 5 heteroatoms. The van der Waals surface area contributed by atoms with Gasteiger partial charge in [-0.25, -0.2) is 13.6 Å². The minimum Gasteiger partial charge on any atom is -0.464 e. The van der Waals surface area contributed by atoms with Gasteiger partial charge in [-0.3, -0.25) is 0 Å². The first-order chi connectivity index (χ1) is 7.47. The molecule has 16 heavy (non-hydrogen) atoms. The largest absolute Gasteiger partial charge is 0.464 e. The average molecular weight is 230 g/mol. The number of carbonyl (C=O) groups is 1. The third-order valence-electron chi connectivity index (χ3n) is 2.13. The van der Waals surface area contributed by atoms with Crippen molar-refractivity contribution in [2.24, 2.45) is 0 Å². The van der Waals surface area contributed by atoms with Crippen molar-refractivity contribution in [1.82, 2.24) is 0 Å². The molecule has 1 unspecified atom stereocenters. The van der Waals surface area contributed by atoms with Crippen molar-refractivity contribution in [3.63, 3.8) is 0 Å². The number of aliphatic hydroxyl groups excluding tert-OH is 1. The molecule has 0 saturated heterocycles. The van der Waals surface area contributed by atoms with E-state index in [4.69, 9.17) is 0 Å². The first-order valence-corrected chi connectivity index (χ1v) is 4.77. The van der Waals surface area contributed by atoms with Crippen LogP contribution < -0.4 is 0 Å². The second-order valence-electron chi connectivity index (χ2n) is 3.26. The van der Waals surface area contributed by atoms with Crippen molar-refractivity contribution < 1.29 is 23.4 Å². The average Bonchev–Trinajstić information content (AvgIpc) is 2.24. The van der Waals surface area contributed by atoms with Gasteiger partial charge in [-0.2, -0.15) is 0 Å². The Morgan fingerprint density at radius 1 is 1.44 bits per heavy atom. The monoisotopic (exact) mass is 230 g/mol. The maximum Gasteiger partial charge on any atom is 0.339 e. The summed E-state index contributed by atoms with van der Waals surface area (Å²) in [6, 6.07) is 1.83. The predicted octanol–water partition coefficient (Wildman–Crippen LogP) is 1.87. The molecule has 1 atom stereocenters. The maximum atomic E-state index is 13.1. The number of ether oxygens (including phenoxy) is 1. The smallest absolute Gasteiger partial charge is 0.339 e. The SMILES string of the molecule is CCOC(=O)C(O)c1cc(F)c(C)c(F)c1. The molecule has 1 aromatic carbocycles. The van der Waals surface area contributed by atoms with Crippen molar-refractivity contribution >= 4 is 5.97 Å². The molecule has 0 aromatic heterocycles. The molecule has 1 aromatic rings. The Morgan fingerprint density at radius 2 is 1.94 bits per heavy atom. The summed E-state index contributed by atoms with van der Waals surface area (Å²) in [5, 5.41) is 9.45. The molecule has 88 valence electrons. The van der Waals surface area contributed by atoms with Gasteiger partial charge >= 0.3 is 5.97 Å². The number of hydrogen-bond acceptors (Lipinski definition) is 3. The van der Waals surface area contributed by atoms with Gasteiger partial charge in [0.2, 0.25) is 0 Å². The highest BCUT2D eigenvalue weighted by Crippen LogP contribution is 2.20. The molecular weight excluding hydrogens is 218 g/mol. The molecular formula is C11H12F2O3. The number of benzene rings is 1. The van der Waals surface area contributed by atoms with E-state index < -0.39 is 23.7 Å². The normalized spacial score (nSPS) is 12.3. The fourth-order valence-corrected chi connectivity index (χ4v) is 1.18. The van der Waals surface area contributed by atoms with Crippen molar-refractivity contribution in [3.8, 4) is 0 Å². The van der Waals surface area contributed by atoms with Crippen LogP contribution in [0.3, 0.4) is 0 Å². The fourth-order valence-electron chi connectivity index (χ4n) is 1.18. The van der Waals surface area contributed by atoms with Gasteiger partial charge in [-0.15, -0.1) is 0 Å². The van der Waals surface area contributed by atoms with Crippen LogP contribution >= 0.6 is 0 Å². The molecule has 3 nitrogen and oxygen atoms in total. The van der Waals surface area contributed by atoms with Crippen molar-refractivity contribution in [2.75, 3.05) is 6.61 Å². The van der Waals surface area contributed by atoms with E-state index in [2.05, 4.69) is 4.74 Å². The van der Waals surface area contributed by atoms with Gasteiger partial charge in [0.05, 0.1) is 6.61 Å². The van der Waals surface area contributed by atoms with Crippen molar-refractivity contribution in [1.29, 1.82) is 0 Å². The van der Waals surface area contributed by atoms with Crippen LogP contribution in [0.4, 0.5) is 8.78 Å². The highest BCUT2D eigenvalue weighted by molar-refractivity contribution is 5.76. The van der Waals surface area contributed by atoms with Gasteiger partial charge in [0.15, 0.2) is 6.10 Å². The minimum absolute atomic E-state index is 0.0900. The molecule has 0 aliphatic heterocycles. The minimum atomic E-state index is -1.66. The van der Waals surface area contributed by atoms with Gasteiger partial charge in [-0.05, 0) is 31.5 Å². The molecule has 0 amide bonds. The molecule has 1 rings (SSSR count). The molecule has 0 spiro atoms. The summed E-state index contributed by atoms with van der Waals surface area (Å²) >= 11 is 0. The molecule has 0 bridgehead atoms. The zero-order chi connectivity index (χ0) is 12.3. The predicted molar refractivity (Wildman–Crippen MR) is 52.7 cm³/mol. The van der Waals surface area contributed by atoms with Gasteiger partial charge in [0, 0.05) is 5.56 Å². The molecule has 0 radical (unpaired) electrons. The van der Waals surface area contributed by atoms with Crippen LogP contribution in [0.1, 0.15) is 24.2 Å². The van der Waals surface area contributed by atoms with Crippen LogP contribution in [0, 0.1) is 18.6 Å². The Morgan fingerprint density at radius 3 is 2.38 bits per heavy atom. The number of esters is 1.